The average Bonchev–Trinajstić information content (AvgIpc) is 3.24. The minimum atomic E-state index is 0.152. The lowest BCUT2D eigenvalue weighted by atomic mass is 10.1. The van der Waals surface area contributed by atoms with E-state index in [2.05, 4.69) is 12.2 Å². The highest BCUT2D eigenvalue weighted by atomic mass is 16.6. The lowest BCUT2D eigenvalue weighted by molar-refractivity contribution is 0.0557. The molecule has 2 unspecified atom stereocenters. The highest BCUT2D eigenvalue weighted by Gasteiger charge is 2.39. The quantitative estimate of drug-likeness (QED) is 0.867. The Morgan fingerprint density at radius 1 is 1.28 bits per heavy atom. The molecule has 1 aliphatic heterocycles. The molecule has 3 nitrogen and oxygen atoms in total. The van der Waals surface area contributed by atoms with Gasteiger partial charge in [0.2, 0.25) is 0 Å². The monoisotopic (exact) mass is 247 g/mol. The Balaban J connectivity index is 1.69. The van der Waals surface area contributed by atoms with Crippen LogP contribution in [0.4, 0.5) is 0 Å². The fourth-order valence-electron chi connectivity index (χ4n) is 2.58. The highest BCUT2D eigenvalue weighted by molar-refractivity contribution is 5.40. The van der Waals surface area contributed by atoms with Crippen molar-refractivity contribution < 1.29 is 9.47 Å². The summed E-state index contributed by atoms with van der Waals surface area (Å²) >= 11 is 0. The summed E-state index contributed by atoms with van der Waals surface area (Å²) in [5.41, 5.74) is 0. The number of hydrogen-bond donors (Lipinski definition) is 1. The SMILES string of the molecule is CCCNC(C1CC1)C1COc2ccccc2O1. The van der Waals surface area contributed by atoms with Gasteiger partial charge in [-0.05, 0) is 43.9 Å². The molecule has 1 N–H and O–H groups in total. The summed E-state index contributed by atoms with van der Waals surface area (Å²) in [6, 6.07) is 8.38. The zero-order valence-corrected chi connectivity index (χ0v) is 10.9. The van der Waals surface area contributed by atoms with E-state index in [1.165, 1.54) is 12.8 Å². The van der Waals surface area contributed by atoms with Gasteiger partial charge in [-0.2, -0.15) is 0 Å². The van der Waals surface area contributed by atoms with Gasteiger partial charge in [-0.25, -0.2) is 0 Å². The molecular formula is C15H21NO2. The summed E-state index contributed by atoms with van der Waals surface area (Å²) in [7, 11) is 0. The van der Waals surface area contributed by atoms with Gasteiger partial charge in [0.05, 0.1) is 6.04 Å². The summed E-state index contributed by atoms with van der Waals surface area (Å²) in [5.74, 6) is 2.53. The number of rotatable bonds is 5. The maximum Gasteiger partial charge on any atom is 0.161 e. The second kappa shape index (κ2) is 5.19. The lowest BCUT2D eigenvalue weighted by Crippen LogP contribution is -2.49. The highest BCUT2D eigenvalue weighted by Crippen LogP contribution is 2.38. The minimum Gasteiger partial charge on any atom is -0.486 e. The van der Waals surface area contributed by atoms with Gasteiger partial charge in [-0.1, -0.05) is 19.1 Å². The minimum absolute atomic E-state index is 0.152. The summed E-state index contributed by atoms with van der Waals surface area (Å²) in [4.78, 5) is 0. The van der Waals surface area contributed by atoms with Gasteiger partial charge < -0.3 is 14.8 Å². The Bertz CT molecular complexity index is 403. The molecule has 0 bridgehead atoms. The second-order valence-corrected chi connectivity index (χ2v) is 5.23. The van der Waals surface area contributed by atoms with Crippen molar-refractivity contribution in [1.82, 2.24) is 5.32 Å². The van der Waals surface area contributed by atoms with E-state index in [0.29, 0.717) is 12.6 Å². The first kappa shape index (κ1) is 11.8. The van der Waals surface area contributed by atoms with Crippen LogP contribution in [0.25, 0.3) is 0 Å². The van der Waals surface area contributed by atoms with Crippen LogP contribution in [-0.4, -0.2) is 25.3 Å². The molecule has 3 rings (SSSR count). The van der Waals surface area contributed by atoms with E-state index in [-0.39, 0.29) is 6.10 Å². The molecule has 0 saturated heterocycles. The van der Waals surface area contributed by atoms with E-state index in [9.17, 15) is 0 Å². The van der Waals surface area contributed by atoms with Gasteiger partial charge >= 0.3 is 0 Å². The first-order chi connectivity index (χ1) is 8.88. The molecule has 1 saturated carbocycles. The van der Waals surface area contributed by atoms with Crippen LogP contribution in [0.5, 0.6) is 11.5 Å². The predicted molar refractivity (Wildman–Crippen MR) is 71.2 cm³/mol. The molecule has 0 radical (unpaired) electrons. The third-order valence-electron chi connectivity index (χ3n) is 3.69. The van der Waals surface area contributed by atoms with E-state index in [0.717, 1.165) is 30.4 Å². The molecule has 0 spiro atoms. The van der Waals surface area contributed by atoms with Crippen LogP contribution in [0.15, 0.2) is 24.3 Å². The number of ether oxygens (including phenoxy) is 2. The standard InChI is InChI=1S/C15H21NO2/c1-2-9-16-15(11-7-8-11)14-10-17-12-5-3-4-6-13(12)18-14/h3-6,11,14-16H,2,7-10H2,1H3. The first-order valence-electron chi connectivity index (χ1n) is 7.00. The van der Waals surface area contributed by atoms with E-state index < -0.39 is 0 Å². The predicted octanol–water partition coefficient (Wildman–Crippen LogP) is 2.60. The zero-order valence-electron chi connectivity index (χ0n) is 10.9. The molecule has 2 atom stereocenters. The van der Waals surface area contributed by atoms with Gasteiger partial charge in [0.25, 0.3) is 0 Å². The van der Waals surface area contributed by atoms with Crippen molar-refractivity contribution in [2.24, 2.45) is 5.92 Å². The van der Waals surface area contributed by atoms with Crippen LogP contribution in [0.2, 0.25) is 0 Å². The molecule has 1 aliphatic carbocycles. The molecule has 0 aromatic heterocycles. The lowest BCUT2D eigenvalue weighted by Gasteiger charge is -2.33. The van der Waals surface area contributed by atoms with E-state index in [1.54, 1.807) is 0 Å². The van der Waals surface area contributed by atoms with Crippen molar-refractivity contribution in [1.29, 1.82) is 0 Å². The number of benzene rings is 1. The van der Waals surface area contributed by atoms with Crippen LogP contribution in [-0.2, 0) is 0 Å². The third-order valence-corrected chi connectivity index (χ3v) is 3.69. The Morgan fingerprint density at radius 3 is 2.78 bits per heavy atom. The van der Waals surface area contributed by atoms with Crippen LogP contribution in [0, 0.1) is 5.92 Å². The van der Waals surface area contributed by atoms with E-state index >= 15 is 0 Å². The maximum atomic E-state index is 6.10. The van der Waals surface area contributed by atoms with Crippen LogP contribution < -0.4 is 14.8 Å². The van der Waals surface area contributed by atoms with Crippen molar-refractivity contribution in [3.8, 4) is 11.5 Å². The number of para-hydroxylation sites is 2. The van der Waals surface area contributed by atoms with Crippen molar-refractivity contribution in [2.75, 3.05) is 13.2 Å². The van der Waals surface area contributed by atoms with Crippen molar-refractivity contribution in [3.05, 3.63) is 24.3 Å². The Hall–Kier alpha value is -1.22. The Labute approximate surface area is 108 Å². The largest absolute Gasteiger partial charge is 0.486 e. The molecule has 98 valence electrons. The number of hydrogen-bond acceptors (Lipinski definition) is 3. The van der Waals surface area contributed by atoms with Gasteiger partial charge in [0, 0.05) is 0 Å². The third kappa shape index (κ3) is 2.46. The number of fused-ring (bicyclic) bond motifs is 1. The molecule has 3 heteroatoms. The van der Waals surface area contributed by atoms with Gasteiger partial charge in [0.15, 0.2) is 11.5 Å². The normalized spacial score (nSPS) is 23.7. The first-order valence-corrected chi connectivity index (χ1v) is 7.00. The van der Waals surface area contributed by atoms with E-state index in [1.807, 2.05) is 24.3 Å². The zero-order chi connectivity index (χ0) is 12.4. The summed E-state index contributed by atoms with van der Waals surface area (Å²) in [6.45, 7) is 3.92. The fraction of sp³-hybridized carbons (Fsp3) is 0.600. The van der Waals surface area contributed by atoms with Crippen LogP contribution >= 0.6 is 0 Å². The number of nitrogens with one attached hydrogen (secondary N) is 1. The maximum absolute atomic E-state index is 6.10. The van der Waals surface area contributed by atoms with Gasteiger partial charge in [-0.3, -0.25) is 0 Å². The molecule has 1 aromatic rings. The fourth-order valence-corrected chi connectivity index (χ4v) is 2.58. The van der Waals surface area contributed by atoms with Crippen molar-refractivity contribution in [3.63, 3.8) is 0 Å². The van der Waals surface area contributed by atoms with E-state index in [4.69, 9.17) is 9.47 Å². The average molecular weight is 247 g/mol. The van der Waals surface area contributed by atoms with Crippen LogP contribution in [0.1, 0.15) is 26.2 Å². The van der Waals surface area contributed by atoms with Gasteiger partial charge in [0.1, 0.15) is 12.7 Å². The Morgan fingerprint density at radius 2 is 2.06 bits per heavy atom. The molecule has 1 heterocycles. The van der Waals surface area contributed by atoms with Gasteiger partial charge in [-0.15, -0.1) is 0 Å². The summed E-state index contributed by atoms with van der Waals surface area (Å²) < 4.78 is 11.9. The molecular weight excluding hydrogens is 226 g/mol. The molecule has 1 fully saturated rings. The summed E-state index contributed by atoms with van der Waals surface area (Å²) in [6.07, 6.45) is 3.96. The molecule has 1 aromatic carbocycles. The van der Waals surface area contributed by atoms with Crippen molar-refractivity contribution >= 4 is 0 Å². The summed E-state index contributed by atoms with van der Waals surface area (Å²) in [5, 5.41) is 3.63. The Kier molecular flexibility index (Phi) is 3.41. The smallest absolute Gasteiger partial charge is 0.161 e. The topological polar surface area (TPSA) is 30.5 Å². The van der Waals surface area contributed by atoms with Crippen molar-refractivity contribution in [2.45, 2.75) is 38.3 Å². The van der Waals surface area contributed by atoms with Crippen LogP contribution in [0.3, 0.4) is 0 Å². The molecule has 2 aliphatic rings. The molecule has 18 heavy (non-hydrogen) atoms. The molecule has 0 amide bonds. The second-order valence-electron chi connectivity index (χ2n) is 5.23.